The van der Waals surface area contributed by atoms with Gasteiger partial charge in [-0.3, -0.25) is 9.69 Å². The SMILES string of the molecule is CC(=O)NC1(c2ccccc2F)CCN(Cc2cc(Cl)c(C)c(C)c2N)CC1. The number of benzene rings is 2. The molecule has 1 heterocycles. The topological polar surface area (TPSA) is 58.4 Å². The van der Waals surface area contributed by atoms with Crippen molar-refractivity contribution < 1.29 is 9.18 Å². The van der Waals surface area contributed by atoms with E-state index in [4.69, 9.17) is 17.3 Å². The van der Waals surface area contributed by atoms with Gasteiger partial charge in [0.15, 0.2) is 0 Å². The van der Waals surface area contributed by atoms with E-state index in [2.05, 4.69) is 10.2 Å². The number of anilines is 1. The van der Waals surface area contributed by atoms with Gasteiger partial charge in [-0.25, -0.2) is 4.39 Å². The van der Waals surface area contributed by atoms with Crippen LogP contribution in [-0.2, 0) is 16.9 Å². The first-order chi connectivity index (χ1) is 13.2. The minimum atomic E-state index is -0.680. The second-order valence-electron chi connectivity index (χ2n) is 7.70. The van der Waals surface area contributed by atoms with Crippen LogP contribution in [0, 0.1) is 19.7 Å². The molecular weight excluding hydrogens is 377 g/mol. The zero-order valence-electron chi connectivity index (χ0n) is 16.6. The number of nitrogens with two attached hydrogens (primary N) is 1. The van der Waals surface area contributed by atoms with Gasteiger partial charge in [-0.2, -0.15) is 0 Å². The Bertz CT molecular complexity index is 892. The van der Waals surface area contributed by atoms with Crippen molar-refractivity contribution in [3.63, 3.8) is 0 Å². The molecule has 0 saturated carbocycles. The molecule has 2 aromatic rings. The Hall–Kier alpha value is -2.11. The molecule has 6 heteroatoms. The first kappa shape index (κ1) is 20.6. The molecule has 0 atom stereocenters. The summed E-state index contributed by atoms with van der Waals surface area (Å²) >= 11 is 6.35. The van der Waals surface area contributed by atoms with E-state index in [-0.39, 0.29) is 11.7 Å². The van der Waals surface area contributed by atoms with E-state index in [1.54, 1.807) is 12.1 Å². The maximum Gasteiger partial charge on any atom is 0.217 e. The summed E-state index contributed by atoms with van der Waals surface area (Å²) in [6.45, 7) is 7.55. The molecule has 4 nitrogen and oxygen atoms in total. The van der Waals surface area contributed by atoms with Crippen molar-refractivity contribution in [3.8, 4) is 0 Å². The Morgan fingerprint density at radius 2 is 1.89 bits per heavy atom. The number of rotatable bonds is 4. The van der Waals surface area contributed by atoms with E-state index in [0.29, 0.717) is 24.9 Å². The highest BCUT2D eigenvalue weighted by atomic mass is 35.5. The fourth-order valence-corrected chi connectivity index (χ4v) is 4.35. The lowest BCUT2D eigenvalue weighted by Gasteiger charge is -2.43. The van der Waals surface area contributed by atoms with Crippen molar-refractivity contribution in [2.45, 2.75) is 45.7 Å². The summed E-state index contributed by atoms with van der Waals surface area (Å²) in [5.41, 5.74) is 9.98. The maximum atomic E-state index is 14.5. The molecule has 0 spiro atoms. The second kappa shape index (κ2) is 8.10. The number of nitrogens with one attached hydrogen (secondary N) is 1. The standard InChI is InChI=1S/C22H27ClFN3O/c1-14-15(2)21(25)17(12-19(14)23)13-27-10-8-22(9-11-27,26-16(3)28)18-6-4-5-7-20(18)24/h4-7,12H,8-11,13,25H2,1-3H3,(H,26,28). The molecule has 1 aliphatic heterocycles. The quantitative estimate of drug-likeness (QED) is 0.748. The number of amides is 1. The Morgan fingerprint density at radius 3 is 2.50 bits per heavy atom. The molecule has 1 aliphatic rings. The van der Waals surface area contributed by atoms with E-state index in [1.165, 1.54) is 13.0 Å². The third kappa shape index (κ3) is 4.01. The van der Waals surface area contributed by atoms with Crippen molar-refractivity contribution in [2.75, 3.05) is 18.8 Å². The smallest absolute Gasteiger partial charge is 0.217 e. The van der Waals surface area contributed by atoms with Crippen LogP contribution in [0.5, 0.6) is 0 Å². The molecule has 1 saturated heterocycles. The van der Waals surface area contributed by atoms with Crippen molar-refractivity contribution in [3.05, 3.63) is 63.4 Å². The Morgan fingerprint density at radius 1 is 1.25 bits per heavy atom. The highest BCUT2D eigenvalue weighted by Crippen LogP contribution is 2.36. The summed E-state index contributed by atoms with van der Waals surface area (Å²) in [5, 5.41) is 3.74. The molecule has 3 rings (SSSR count). The van der Waals surface area contributed by atoms with Crippen LogP contribution < -0.4 is 11.1 Å². The number of nitrogens with zero attached hydrogens (tertiary/aromatic N) is 1. The molecule has 28 heavy (non-hydrogen) atoms. The summed E-state index contributed by atoms with van der Waals surface area (Å²) in [7, 11) is 0. The van der Waals surface area contributed by atoms with Gasteiger partial charge in [0, 0.05) is 42.8 Å². The predicted octanol–water partition coefficient (Wildman–Crippen LogP) is 4.31. The fourth-order valence-electron chi connectivity index (χ4n) is 4.07. The molecule has 0 aromatic heterocycles. The molecular formula is C22H27ClFN3O. The third-order valence-electron chi connectivity index (χ3n) is 5.88. The van der Waals surface area contributed by atoms with Crippen molar-refractivity contribution in [1.29, 1.82) is 0 Å². The van der Waals surface area contributed by atoms with Gasteiger partial charge in [0.05, 0.1) is 5.54 Å². The third-order valence-corrected chi connectivity index (χ3v) is 6.27. The van der Waals surface area contributed by atoms with Crippen LogP contribution in [-0.4, -0.2) is 23.9 Å². The Labute approximate surface area is 170 Å². The lowest BCUT2D eigenvalue weighted by Crippen LogP contribution is -2.52. The van der Waals surface area contributed by atoms with Crippen molar-refractivity contribution >= 4 is 23.2 Å². The summed E-state index contributed by atoms with van der Waals surface area (Å²) in [5.74, 6) is -0.434. The lowest BCUT2D eigenvalue weighted by molar-refractivity contribution is -0.121. The van der Waals surface area contributed by atoms with Crippen LogP contribution >= 0.6 is 11.6 Å². The zero-order chi connectivity index (χ0) is 20.5. The molecule has 1 fully saturated rings. The number of carbonyl (C=O) groups excluding carboxylic acids is 1. The number of piperidine rings is 1. The second-order valence-corrected chi connectivity index (χ2v) is 8.11. The van der Waals surface area contributed by atoms with Gasteiger partial charge in [0.25, 0.3) is 0 Å². The van der Waals surface area contributed by atoms with Crippen LogP contribution in [0.15, 0.2) is 30.3 Å². The molecule has 150 valence electrons. The van der Waals surface area contributed by atoms with Crippen molar-refractivity contribution in [2.24, 2.45) is 0 Å². The van der Waals surface area contributed by atoms with Gasteiger partial charge in [-0.05, 0) is 55.5 Å². The van der Waals surface area contributed by atoms with Gasteiger partial charge in [-0.1, -0.05) is 29.8 Å². The minimum Gasteiger partial charge on any atom is -0.398 e. The summed E-state index contributed by atoms with van der Waals surface area (Å²) < 4.78 is 14.5. The number of carbonyl (C=O) groups is 1. The van der Waals surface area contributed by atoms with E-state index in [9.17, 15) is 9.18 Å². The predicted molar refractivity (Wildman–Crippen MR) is 112 cm³/mol. The van der Waals surface area contributed by atoms with Gasteiger partial charge in [-0.15, -0.1) is 0 Å². The van der Waals surface area contributed by atoms with Crippen LogP contribution in [0.1, 0.15) is 42.0 Å². The molecule has 0 unspecified atom stereocenters. The minimum absolute atomic E-state index is 0.151. The van der Waals surface area contributed by atoms with Crippen LogP contribution in [0.2, 0.25) is 5.02 Å². The lowest BCUT2D eigenvalue weighted by atomic mass is 9.80. The molecule has 1 amide bonds. The van der Waals surface area contributed by atoms with Crippen molar-refractivity contribution in [1.82, 2.24) is 10.2 Å². The van der Waals surface area contributed by atoms with Gasteiger partial charge >= 0.3 is 0 Å². The number of hydrogen-bond acceptors (Lipinski definition) is 3. The Kier molecular flexibility index (Phi) is 5.96. The van der Waals surface area contributed by atoms with Crippen LogP contribution in [0.25, 0.3) is 0 Å². The first-order valence-electron chi connectivity index (χ1n) is 9.53. The van der Waals surface area contributed by atoms with E-state index in [0.717, 1.165) is 40.5 Å². The highest BCUT2D eigenvalue weighted by molar-refractivity contribution is 6.31. The van der Waals surface area contributed by atoms with E-state index >= 15 is 0 Å². The highest BCUT2D eigenvalue weighted by Gasteiger charge is 2.38. The van der Waals surface area contributed by atoms with Crippen LogP contribution in [0.4, 0.5) is 10.1 Å². The largest absolute Gasteiger partial charge is 0.398 e. The van der Waals surface area contributed by atoms with Gasteiger partial charge in [0.1, 0.15) is 5.82 Å². The van der Waals surface area contributed by atoms with Gasteiger partial charge < -0.3 is 11.1 Å². The molecule has 2 aromatic carbocycles. The summed E-state index contributed by atoms with van der Waals surface area (Å²) in [6, 6.07) is 8.63. The zero-order valence-corrected chi connectivity index (χ0v) is 17.4. The maximum absolute atomic E-state index is 14.5. The van der Waals surface area contributed by atoms with Gasteiger partial charge in [0.2, 0.25) is 5.91 Å². The average molecular weight is 404 g/mol. The number of halogens is 2. The molecule has 0 bridgehead atoms. The normalized spacial score (nSPS) is 16.8. The summed E-state index contributed by atoms with van der Waals surface area (Å²) in [4.78, 5) is 14.1. The average Bonchev–Trinajstić information content (AvgIpc) is 2.66. The fraction of sp³-hybridized carbons (Fsp3) is 0.409. The number of hydrogen-bond donors (Lipinski definition) is 2. The molecule has 3 N–H and O–H groups in total. The molecule has 0 radical (unpaired) electrons. The number of likely N-dealkylation sites (tertiary alicyclic amines) is 1. The monoisotopic (exact) mass is 403 g/mol. The first-order valence-corrected chi connectivity index (χ1v) is 9.91. The van der Waals surface area contributed by atoms with Crippen LogP contribution in [0.3, 0.4) is 0 Å². The van der Waals surface area contributed by atoms with E-state index < -0.39 is 5.54 Å². The number of nitrogen functional groups attached to an aromatic ring is 1. The Balaban J connectivity index is 1.80. The molecule has 0 aliphatic carbocycles. The van der Waals surface area contributed by atoms with E-state index in [1.807, 2.05) is 26.0 Å². The summed E-state index contributed by atoms with van der Waals surface area (Å²) in [6.07, 6.45) is 1.26.